The highest BCUT2D eigenvalue weighted by molar-refractivity contribution is 5.30. The topological polar surface area (TPSA) is 21.3 Å². The van der Waals surface area contributed by atoms with Gasteiger partial charge in [0.05, 0.1) is 7.11 Å². The van der Waals surface area contributed by atoms with Crippen LogP contribution in [0.2, 0.25) is 0 Å². The number of methoxy groups -OCH3 is 1. The van der Waals surface area contributed by atoms with E-state index in [0.29, 0.717) is 6.04 Å². The summed E-state index contributed by atoms with van der Waals surface area (Å²) < 4.78 is 5.30. The van der Waals surface area contributed by atoms with Crippen LogP contribution in [0, 0.1) is 17.8 Å². The van der Waals surface area contributed by atoms with Crippen LogP contribution in [0.1, 0.15) is 44.2 Å². The molecule has 1 atom stereocenters. The molecule has 2 fully saturated rings. The lowest BCUT2D eigenvalue weighted by Gasteiger charge is -2.21. The Bertz CT molecular complexity index is 411. The van der Waals surface area contributed by atoms with E-state index in [1.807, 2.05) is 6.07 Å². The molecule has 1 unspecified atom stereocenters. The van der Waals surface area contributed by atoms with Crippen LogP contribution in [0.4, 0.5) is 0 Å². The molecule has 0 bridgehead atoms. The first kappa shape index (κ1) is 13.0. The molecule has 104 valence electrons. The number of rotatable bonds is 7. The van der Waals surface area contributed by atoms with Gasteiger partial charge in [-0.15, -0.1) is 0 Å². The summed E-state index contributed by atoms with van der Waals surface area (Å²) in [5, 5.41) is 3.74. The molecule has 2 saturated carbocycles. The number of ether oxygens (including phenoxy) is 1. The monoisotopic (exact) mass is 259 g/mol. The smallest absolute Gasteiger partial charge is 0.119 e. The van der Waals surface area contributed by atoms with Crippen LogP contribution in [0.25, 0.3) is 0 Å². The molecule has 1 N–H and O–H groups in total. The molecule has 2 nitrogen and oxygen atoms in total. The van der Waals surface area contributed by atoms with E-state index >= 15 is 0 Å². The van der Waals surface area contributed by atoms with E-state index in [-0.39, 0.29) is 0 Å². The largest absolute Gasteiger partial charge is 0.497 e. The fraction of sp³-hybridized carbons (Fsp3) is 0.647. The molecule has 1 aromatic rings. The van der Waals surface area contributed by atoms with Gasteiger partial charge in [-0.3, -0.25) is 0 Å². The summed E-state index contributed by atoms with van der Waals surface area (Å²) in [5.41, 5.74) is 1.32. The van der Waals surface area contributed by atoms with E-state index in [2.05, 4.69) is 30.4 Å². The molecule has 0 amide bonds. The lowest BCUT2D eigenvalue weighted by atomic mass is 9.97. The van der Waals surface area contributed by atoms with Gasteiger partial charge in [-0.1, -0.05) is 12.1 Å². The van der Waals surface area contributed by atoms with Gasteiger partial charge >= 0.3 is 0 Å². The van der Waals surface area contributed by atoms with Gasteiger partial charge in [0.25, 0.3) is 0 Å². The van der Waals surface area contributed by atoms with Gasteiger partial charge in [-0.25, -0.2) is 0 Å². The zero-order chi connectivity index (χ0) is 13.2. The van der Waals surface area contributed by atoms with Gasteiger partial charge in [0, 0.05) is 6.04 Å². The summed E-state index contributed by atoms with van der Waals surface area (Å²) in [4.78, 5) is 0. The maximum atomic E-state index is 5.30. The summed E-state index contributed by atoms with van der Waals surface area (Å²) in [6.45, 7) is 3.44. The first-order valence-corrected chi connectivity index (χ1v) is 7.65. The Balaban J connectivity index is 1.55. The Morgan fingerprint density at radius 3 is 2.47 bits per heavy atom. The van der Waals surface area contributed by atoms with Crippen molar-refractivity contribution in [2.24, 2.45) is 17.8 Å². The number of nitrogens with one attached hydrogen (secondary N) is 1. The van der Waals surface area contributed by atoms with Crippen molar-refractivity contribution >= 4 is 0 Å². The van der Waals surface area contributed by atoms with Crippen LogP contribution in [-0.4, -0.2) is 13.7 Å². The highest BCUT2D eigenvalue weighted by Gasteiger charge is 2.41. The molecule has 1 aromatic carbocycles. The number of hydrogen-bond acceptors (Lipinski definition) is 2. The third-order valence-electron chi connectivity index (χ3n) is 4.71. The maximum Gasteiger partial charge on any atom is 0.119 e. The third-order valence-corrected chi connectivity index (χ3v) is 4.71. The first-order valence-electron chi connectivity index (χ1n) is 7.65. The summed E-state index contributed by atoms with van der Waals surface area (Å²) in [6, 6.07) is 8.82. The van der Waals surface area contributed by atoms with Gasteiger partial charge in [-0.2, -0.15) is 0 Å². The highest BCUT2D eigenvalue weighted by Crippen LogP contribution is 2.49. The predicted molar refractivity (Wildman–Crippen MR) is 78.3 cm³/mol. The molecule has 2 aliphatic rings. The van der Waals surface area contributed by atoms with Crippen LogP contribution in [0.5, 0.6) is 5.75 Å². The van der Waals surface area contributed by atoms with Crippen molar-refractivity contribution in [2.45, 2.75) is 38.6 Å². The van der Waals surface area contributed by atoms with Crippen molar-refractivity contribution < 1.29 is 4.74 Å². The van der Waals surface area contributed by atoms with Gasteiger partial charge in [0.15, 0.2) is 0 Å². The van der Waals surface area contributed by atoms with E-state index in [0.717, 1.165) is 23.5 Å². The summed E-state index contributed by atoms with van der Waals surface area (Å²) in [7, 11) is 1.73. The molecule has 2 heteroatoms. The van der Waals surface area contributed by atoms with Crippen molar-refractivity contribution in [1.82, 2.24) is 5.32 Å². The zero-order valence-corrected chi connectivity index (χ0v) is 12.1. The van der Waals surface area contributed by atoms with Crippen molar-refractivity contribution in [3.8, 4) is 5.75 Å². The SMILES string of the molecule is COc1cccc(C(C)NCC(C2CC2)C2CC2)c1. The molecule has 3 rings (SSSR count). The summed E-state index contributed by atoms with van der Waals surface area (Å²) in [6.07, 6.45) is 5.87. The molecule has 0 aromatic heterocycles. The van der Waals surface area contributed by atoms with E-state index < -0.39 is 0 Å². The van der Waals surface area contributed by atoms with Crippen molar-refractivity contribution in [3.05, 3.63) is 29.8 Å². The minimum Gasteiger partial charge on any atom is -0.497 e. The molecule has 0 aliphatic heterocycles. The fourth-order valence-corrected chi connectivity index (χ4v) is 3.11. The molecule has 0 radical (unpaired) electrons. The second-order valence-electron chi connectivity index (χ2n) is 6.25. The van der Waals surface area contributed by atoms with E-state index in [1.165, 1.54) is 37.8 Å². The average molecular weight is 259 g/mol. The Morgan fingerprint density at radius 1 is 1.21 bits per heavy atom. The van der Waals surface area contributed by atoms with Gasteiger partial charge in [0.1, 0.15) is 5.75 Å². The molecular weight excluding hydrogens is 234 g/mol. The van der Waals surface area contributed by atoms with Gasteiger partial charge < -0.3 is 10.1 Å². The van der Waals surface area contributed by atoms with Gasteiger partial charge in [0.2, 0.25) is 0 Å². The molecular formula is C17H25NO. The molecule has 2 aliphatic carbocycles. The lowest BCUT2D eigenvalue weighted by Crippen LogP contribution is -2.28. The standard InChI is InChI=1S/C17H25NO/c1-12(15-4-3-5-16(10-15)19-2)18-11-17(13-6-7-13)14-8-9-14/h3-5,10,12-14,17-18H,6-9,11H2,1-2H3. The van der Waals surface area contributed by atoms with Gasteiger partial charge in [-0.05, 0) is 74.6 Å². The fourth-order valence-electron chi connectivity index (χ4n) is 3.11. The van der Waals surface area contributed by atoms with E-state index in [4.69, 9.17) is 4.74 Å². The Labute approximate surface area is 116 Å². The number of benzene rings is 1. The van der Waals surface area contributed by atoms with Crippen LogP contribution in [0.15, 0.2) is 24.3 Å². The predicted octanol–water partition coefficient (Wildman–Crippen LogP) is 3.78. The average Bonchev–Trinajstić information content (AvgIpc) is 3.31. The van der Waals surface area contributed by atoms with E-state index in [9.17, 15) is 0 Å². The second-order valence-corrected chi connectivity index (χ2v) is 6.25. The van der Waals surface area contributed by atoms with Crippen LogP contribution < -0.4 is 10.1 Å². The van der Waals surface area contributed by atoms with Crippen LogP contribution in [-0.2, 0) is 0 Å². The van der Waals surface area contributed by atoms with Crippen molar-refractivity contribution in [3.63, 3.8) is 0 Å². The summed E-state index contributed by atoms with van der Waals surface area (Å²) >= 11 is 0. The lowest BCUT2D eigenvalue weighted by molar-refractivity contribution is 0.361. The Kier molecular flexibility index (Phi) is 3.79. The molecule has 0 saturated heterocycles. The highest BCUT2D eigenvalue weighted by atomic mass is 16.5. The van der Waals surface area contributed by atoms with E-state index in [1.54, 1.807) is 7.11 Å². The second kappa shape index (κ2) is 5.54. The van der Waals surface area contributed by atoms with Crippen LogP contribution >= 0.6 is 0 Å². The zero-order valence-electron chi connectivity index (χ0n) is 12.1. The maximum absolute atomic E-state index is 5.30. The molecule has 0 heterocycles. The molecule has 0 spiro atoms. The Morgan fingerprint density at radius 2 is 1.89 bits per heavy atom. The Hall–Kier alpha value is -1.02. The minimum absolute atomic E-state index is 0.412. The third kappa shape index (κ3) is 3.30. The quantitative estimate of drug-likeness (QED) is 0.804. The number of hydrogen-bond donors (Lipinski definition) is 1. The molecule has 19 heavy (non-hydrogen) atoms. The van der Waals surface area contributed by atoms with Crippen LogP contribution in [0.3, 0.4) is 0 Å². The first-order chi connectivity index (χ1) is 9.28. The normalized spacial score (nSPS) is 20.6. The van der Waals surface area contributed by atoms with Crippen molar-refractivity contribution in [1.29, 1.82) is 0 Å². The minimum atomic E-state index is 0.412. The van der Waals surface area contributed by atoms with Crippen molar-refractivity contribution in [2.75, 3.05) is 13.7 Å². The summed E-state index contributed by atoms with van der Waals surface area (Å²) in [5.74, 6) is 3.94.